The number of aryl methyl sites for hydroxylation is 1. The fourth-order valence-electron chi connectivity index (χ4n) is 1.32. The molecule has 1 heterocycles. The van der Waals surface area contributed by atoms with Crippen molar-refractivity contribution in [3.63, 3.8) is 0 Å². The number of pyridine rings is 1. The number of carbonyl (C=O) groups is 1. The first kappa shape index (κ1) is 13.9. The van der Waals surface area contributed by atoms with E-state index in [1.54, 1.807) is 19.2 Å². The molecule has 1 aromatic rings. The van der Waals surface area contributed by atoms with Crippen LogP contribution in [0.2, 0.25) is 5.15 Å². The van der Waals surface area contributed by atoms with Gasteiger partial charge in [-0.3, -0.25) is 4.79 Å². The van der Waals surface area contributed by atoms with E-state index < -0.39 is 5.60 Å². The Kier molecular flexibility index (Phi) is 4.48. The molecule has 0 saturated carbocycles. The van der Waals surface area contributed by atoms with E-state index in [0.29, 0.717) is 12.1 Å². The van der Waals surface area contributed by atoms with E-state index in [9.17, 15) is 4.79 Å². The minimum Gasteiger partial charge on any atom is -0.369 e. The molecule has 0 radical (unpaired) electrons. The third-order valence-electron chi connectivity index (χ3n) is 2.96. The van der Waals surface area contributed by atoms with Crippen molar-refractivity contribution in [1.82, 2.24) is 4.98 Å². The van der Waals surface area contributed by atoms with Crippen molar-refractivity contribution in [2.24, 2.45) is 0 Å². The van der Waals surface area contributed by atoms with Crippen LogP contribution in [0, 0.1) is 6.92 Å². The molecule has 1 atom stereocenters. The maximum atomic E-state index is 12.1. The maximum absolute atomic E-state index is 12.1. The Labute approximate surface area is 106 Å². The van der Waals surface area contributed by atoms with Gasteiger partial charge in [-0.05, 0) is 31.9 Å². The molecule has 1 unspecified atom stereocenters. The number of hydrogen-bond acceptors (Lipinski definition) is 3. The van der Waals surface area contributed by atoms with Gasteiger partial charge in [0.2, 0.25) is 0 Å². The summed E-state index contributed by atoms with van der Waals surface area (Å²) in [6.07, 6.45) is 2.18. The Morgan fingerprint density at radius 3 is 2.76 bits per heavy atom. The van der Waals surface area contributed by atoms with Crippen LogP contribution < -0.4 is 5.32 Å². The molecule has 0 aliphatic carbocycles. The molecule has 0 aliphatic heterocycles. The van der Waals surface area contributed by atoms with Crippen LogP contribution in [-0.2, 0) is 9.53 Å². The molecule has 17 heavy (non-hydrogen) atoms. The minimum atomic E-state index is -0.856. The largest absolute Gasteiger partial charge is 0.369 e. The second-order valence-corrected chi connectivity index (χ2v) is 4.39. The summed E-state index contributed by atoms with van der Waals surface area (Å²) >= 11 is 5.94. The number of halogens is 1. The molecule has 0 aromatic carbocycles. The highest BCUT2D eigenvalue weighted by Crippen LogP contribution is 2.25. The predicted octanol–water partition coefficient (Wildman–Crippen LogP) is 2.80. The molecule has 4 nitrogen and oxygen atoms in total. The van der Waals surface area contributed by atoms with Crippen LogP contribution >= 0.6 is 11.6 Å². The molecule has 1 rings (SSSR count). The zero-order valence-corrected chi connectivity index (χ0v) is 11.3. The molecule has 0 bridgehead atoms. The van der Waals surface area contributed by atoms with Crippen LogP contribution in [-0.4, -0.2) is 23.6 Å². The summed E-state index contributed by atoms with van der Waals surface area (Å²) in [5, 5.41) is 3.05. The average molecular weight is 257 g/mol. The van der Waals surface area contributed by atoms with Crippen molar-refractivity contribution in [2.45, 2.75) is 32.8 Å². The van der Waals surface area contributed by atoms with Crippen LogP contribution in [0.4, 0.5) is 5.69 Å². The third kappa shape index (κ3) is 2.96. The summed E-state index contributed by atoms with van der Waals surface area (Å²) in [6.45, 7) is 5.49. The Morgan fingerprint density at radius 2 is 2.29 bits per heavy atom. The van der Waals surface area contributed by atoms with E-state index >= 15 is 0 Å². The number of ether oxygens (including phenoxy) is 1. The van der Waals surface area contributed by atoms with Crippen LogP contribution in [0.3, 0.4) is 0 Å². The van der Waals surface area contributed by atoms with E-state index in [-0.39, 0.29) is 11.1 Å². The molecule has 0 spiro atoms. The smallest absolute Gasteiger partial charge is 0.256 e. The highest BCUT2D eigenvalue weighted by Gasteiger charge is 2.31. The standard InChI is InChI=1S/C12H17ClN2O2/c1-5-12(3,17-4)11(16)15-9-8(2)6-7-14-10(9)13/h6-7H,5H2,1-4H3,(H,15,16). The molecule has 0 aliphatic rings. The van der Waals surface area contributed by atoms with Crippen LogP contribution in [0.15, 0.2) is 12.3 Å². The number of carbonyl (C=O) groups excluding carboxylic acids is 1. The summed E-state index contributed by atoms with van der Waals surface area (Å²) in [6, 6.07) is 1.79. The summed E-state index contributed by atoms with van der Waals surface area (Å²) in [7, 11) is 1.51. The van der Waals surface area contributed by atoms with Crippen molar-refractivity contribution in [3.05, 3.63) is 23.0 Å². The molecule has 1 aromatic heterocycles. The highest BCUT2D eigenvalue weighted by atomic mass is 35.5. The second kappa shape index (κ2) is 5.47. The van der Waals surface area contributed by atoms with Crippen molar-refractivity contribution in [3.8, 4) is 0 Å². The van der Waals surface area contributed by atoms with E-state index in [1.807, 2.05) is 13.8 Å². The monoisotopic (exact) mass is 256 g/mol. The first-order valence-electron chi connectivity index (χ1n) is 5.42. The fourth-order valence-corrected chi connectivity index (χ4v) is 1.57. The van der Waals surface area contributed by atoms with Gasteiger partial charge in [-0.2, -0.15) is 0 Å². The SMILES string of the molecule is CCC(C)(OC)C(=O)Nc1c(C)ccnc1Cl. The van der Waals surface area contributed by atoms with Gasteiger partial charge in [-0.25, -0.2) is 4.98 Å². The van der Waals surface area contributed by atoms with E-state index in [2.05, 4.69) is 10.3 Å². The van der Waals surface area contributed by atoms with Gasteiger partial charge in [0, 0.05) is 13.3 Å². The second-order valence-electron chi connectivity index (χ2n) is 4.04. The van der Waals surface area contributed by atoms with Crippen molar-refractivity contribution in [1.29, 1.82) is 0 Å². The zero-order valence-electron chi connectivity index (χ0n) is 10.5. The topological polar surface area (TPSA) is 51.2 Å². The number of amides is 1. The van der Waals surface area contributed by atoms with Gasteiger partial charge in [0.15, 0.2) is 5.15 Å². The number of nitrogens with zero attached hydrogens (tertiary/aromatic N) is 1. The van der Waals surface area contributed by atoms with E-state index in [4.69, 9.17) is 16.3 Å². The quantitative estimate of drug-likeness (QED) is 0.843. The molecule has 0 fully saturated rings. The lowest BCUT2D eigenvalue weighted by Crippen LogP contribution is -2.41. The Bertz CT molecular complexity index is 397. The number of rotatable bonds is 4. The average Bonchev–Trinajstić information content (AvgIpc) is 2.32. The lowest BCUT2D eigenvalue weighted by atomic mass is 10.0. The molecule has 94 valence electrons. The Balaban J connectivity index is 2.96. The Morgan fingerprint density at radius 1 is 1.65 bits per heavy atom. The van der Waals surface area contributed by atoms with Gasteiger partial charge in [0.25, 0.3) is 5.91 Å². The van der Waals surface area contributed by atoms with Crippen LogP contribution in [0.5, 0.6) is 0 Å². The number of hydrogen-bond donors (Lipinski definition) is 1. The van der Waals surface area contributed by atoms with Gasteiger partial charge in [0.1, 0.15) is 5.60 Å². The fraction of sp³-hybridized carbons (Fsp3) is 0.500. The predicted molar refractivity (Wildman–Crippen MR) is 68.3 cm³/mol. The number of methoxy groups -OCH3 is 1. The molecule has 1 N–H and O–H groups in total. The van der Waals surface area contributed by atoms with Crippen molar-refractivity contribution in [2.75, 3.05) is 12.4 Å². The van der Waals surface area contributed by atoms with Gasteiger partial charge in [-0.1, -0.05) is 18.5 Å². The molecule has 0 saturated heterocycles. The molecule has 1 amide bonds. The van der Waals surface area contributed by atoms with Gasteiger partial charge >= 0.3 is 0 Å². The first-order valence-corrected chi connectivity index (χ1v) is 5.80. The highest BCUT2D eigenvalue weighted by molar-refractivity contribution is 6.32. The summed E-state index contributed by atoms with van der Waals surface area (Å²) in [5.41, 5.74) is 0.551. The van der Waals surface area contributed by atoms with Crippen LogP contribution in [0.25, 0.3) is 0 Å². The number of anilines is 1. The summed E-state index contributed by atoms with van der Waals surface area (Å²) in [4.78, 5) is 16.0. The number of aromatic nitrogens is 1. The maximum Gasteiger partial charge on any atom is 0.256 e. The Hall–Kier alpha value is -1.13. The molecular weight excluding hydrogens is 240 g/mol. The first-order chi connectivity index (χ1) is 7.94. The van der Waals surface area contributed by atoms with Crippen molar-refractivity contribution < 1.29 is 9.53 Å². The van der Waals surface area contributed by atoms with Gasteiger partial charge in [0.05, 0.1) is 5.69 Å². The van der Waals surface area contributed by atoms with Crippen LogP contribution in [0.1, 0.15) is 25.8 Å². The zero-order chi connectivity index (χ0) is 13.1. The summed E-state index contributed by atoms with van der Waals surface area (Å²) in [5.74, 6) is -0.222. The summed E-state index contributed by atoms with van der Waals surface area (Å²) < 4.78 is 5.23. The minimum absolute atomic E-state index is 0.222. The number of nitrogens with one attached hydrogen (secondary N) is 1. The molecule has 5 heteroatoms. The van der Waals surface area contributed by atoms with Gasteiger partial charge in [-0.15, -0.1) is 0 Å². The third-order valence-corrected chi connectivity index (χ3v) is 3.24. The van der Waals surface area contributed by atoms with Gasteiger partial charge < -0.3 is 10.1 Å². The lowest BCUT2D eigenvalue weighted by molar-refractivity contribution is -0.136. The molecular formula is C12H17ClN2O2. The lowest BCUT2D eigenvalue weighted by Gasteiger charge is -2.25. The van der Waals surface area contributed by atoms with E-state index in [1.165, 1.54) is 7.11 Å². The van der Waals surface area contributed by atoms with Crippen molar-refractivity contribution >= 4 is 23.2 Å². The van der Waals surface area contributed by atoms with E-state index in [0.717, 1.165) is 5.56 Å². The normalized spacial score (nSPS) is 14.2.